The third-order valence-corrected chi connectivity index (χ3v) is 13.0. The zero-order chi connectivity index (χ0) is 58.5. The molecule has 7 rings (SSSR count). The molecule has 9 amide bonds. The highest BCUT2D eigenvalue weighted by molar-refractivity contribution is 6.12. The van der Waals surface area contributed by atoms with Crippen LogP contribution in [0.3, 0.4) is 0 Å². The van der Waals surface area contributed by atoms with Gasteiger partial charge in [0.1, 0.15) is 5.69 Å². The summed E-state index contributed by atoms with van der Waals surface area (Å²) in [6.07, 6.45) is 11.1. The third kappa shape index (κ3) is 17.4. The Balaban J connectivity index is 0.703. The van der Waals surface area contributed by atoms with Crippen LogP contribution < -0.4 is 41.4 Å². The first-order valence-corrected chi connectivity index (χ1v) is 26.8. The molecule has 1 fully saturated rings. The quantitative estimate of drug-likeness (QED) is 0.0237. The van der Waals surface area contributed by atoms with Crippen molar-refractivity contribution in [2.75, 3.05) is 83.5 Å². The number of aromatic nitrogens is 3. The normalized spacial score (nSPS) is 14.3. The Kier molecular flexibility index (Phi) is 22.0. The summed E-state index contributed by atoms with van der Waals surface area (Å²) in [6, 6.07) is 12.0. The number of carbonyl (C=O) groups is 9. The molecule has 2 aromatic heterocycles. The Morgan fingerprint density at radius 3 is 2.22 bits per heavy atom. The van der Waals surface area contributed by atoms with Gasteiger partial charge in [0, 0.05) is 114 Å². The van der Waals surface area contributed by atoms with E-state index in [1.807, 2.05) is 18.3 Å². The van der Waals surface area contributed by atoms with Gasteiger partial charge in [-0.3, -0.25) is 48.2 Å². The summed E-state index contributed by atoms with van der Waals surface area (Å²) in [6.45, 7) is 6.17. The lowest BCUT2D eigenvalue weighted by Gasteiger charge is -2.20. The summed E-state index contributed by atoms with van der Waals surface area (Å²) in [4.78, 5) is 127. The fourth-order valence-corrected chi connectivity index (χ4v) is 8.74. The number of benzene rings is 2. The minimum absolute atomic E-state index is 0.0715. The molecule has 0 saturated carbocycles. The smallest absolute Gasteiger partial charge is 0.407 e. The minimum atomic E-state index is -0.643. The molecule has 2 aromatic carbocycles. The van der Waals surface area contributed by atoms with Crippen LogP contribution in [0.15, 0.2) is 84.2 Å². The van der Waals surface area contributed by atoms with Crippen LogP contribution in [0.4, 0.5) is 22.0 Å². The van der Waals surface area contributed by atoms with Gasteiger partial charge in [0.25, 0.3) is 29.5 Å². The molecule has 0 unspecified atom stereocenters. The van der Waals surface area contributed by atoms with E-state index in [0.717, 1.165) is 41.7 Å². The van der Waals surface area contributed by atoms with Crippen molar-refractivity contribution in [3.05, 3.63) is 96.2 Å². The second kappa shape index (κ2) is 29.9. The van der Waals surface area contributed by atoms with Gasteiger partial charge in [-0.05, 0) is 68.4 Å². The molecular weight excluding hydrogens is 1060 g/mol. The van der Waals surface area contributed by atoms with Crippen molar-refractivity contribution in [3.63, 3.8) is 0 Å². The number of aryl methyl sites for hydroxylation is 2. The lowest BCUT2D eigenvalue weighted by molar-refractivity contribution is -0.186. The number of hydrogen-bond donors (Lipinski definition) is 6. The van der Waals surface area contributed by atoms with Crippen molar-refractivity contribution >= 4 is 76.8 Å². The second-order valence-corrected chi connectivity index (χ2v) is 19.3. The van der Waals surface area contributed by atoms with E-state index in [-0.39, 0.29) is 80.6 Å². The monoisotopic (exact) mass is 1130 g/mol. The van der Waals surface area contributed by atoms with Crippen LogP contribution >= 0.6 is 0 Å². The number of anilines is 2. The summed E-state index contributed by atoms with van der Waals surface area (Å²) in [5, 5.41) is 16.9. The molecule has 1 atom stereocenters. The highest BCUT2D eigenvalue weighted by atomic mass is 16.7. The SMILES string of the molecule is C=C1C[C@H]2C=Nc3cc(OCCCC(=O)Nc4cn(C)c(C(=O)Nc5ccc(-c6cc(C(=O)NCCCOC(=O)NCCCNC(=O)CCCCCOCCNC(=O)CON7C(=O)C=CC7=O)n(C)c6)cc5)n4)c(OC)cc3C(=O)N2C1. The van der Waals surface area contributed by atoms with Crippen molar-refractivity contribution in [1.29, 1.82) is 0 Å². The Morgan fingerprint density at radius 1 is 0.695 bits per heavy atom. The number of aliphatic imine (C=N–C) groups is 1. The number of imide groups is 1. The van der Waals surface area contributed by atoms with Gasteiger partial charge in [-0.1, -0.05) is 30.7 Å². The van der Waals surface area contributed by atoms with Gasteiger partial charge in [-0.2, -0.15) is 0 Å². The number of amides is 9. The third-order valence-electron chi connectivity index (χ3n) is 13.0. The van der Waals surface area contributed by atoms with Gasteiger partial charge in [-0.15, -0.1) is 5.06 Å². The molecule has 0 bridgehead atoms. The molecule has 26 nitrogen and oxygen atoms in total. The number of fused-ring (bicyclic) bond motifs is 2. The Hall–Kier alpha value is -9.17. The highest BCUT2D eigenvalue weighted by Crippen LogP contribution is 2.38. The largest absolute Gasteiger partial charge is 0.493 e. The van der Waals surface area contributed by atoms with Crippen molar-refractivity contribution in [1.82, 2.24) is 45.3 Å². The molecule has 3 aliphatic heterocycles. The maximum absolute atomic E-state index is 13.3. The Labute approximate surface area is 472 Å². The lowest BCUT2D eigenvalue weighted by Crippen LogP contribution is -2.37. The number of alkyl carbamates (subject to hydrolysis) is 1. The molecule has 26 heteroatoms. The van der Waals surface area contributed by atoms with Crippen LogP contribution in [0.2, 0.25) is 0 Å². The van der Waals surface area contributed by atoms with Gasteiger partial charge in [0.2, 0.25) is 23.5 Å². The average Bonchev–Trinajstić information content (AvgIpc) is 4.06. The maximum atomic E-state index is 13.3. The van der Waals surface area contributed by atoms with Crippen LogP contribution in [0.1, 0.15) is 89.3 Å². The number of nitrogens with one attached hydrogen (secondary N) is 6. The zero-order valence-electron chi connectivity index (χ0n) is 46.0. The molecule has 3 aliphatic rings. The first-order chi connectivity index (χ1) is 39.6. The van der Waals surface area contributed by atoms with Crippen LogP contribution in [-0.4, -0.2) is 163 Å². The van der Waals surface area contributed by atoms with E-state index in [1.165, 1.54) is 11.7 Å². The molecule has 0 aliphatic carbocycles. The minimum Gasteiger partial charge on any atom is -0.493 e. The van der Waals surface area contributed by atoms with E-state index in [1.54, 1.807) is 66.3 Å². The van der Waals surface area contributed by atoms with E-state index in [2.05, 4.69) is 48.5 Å². The topological polar surface area (TPSA) is 314 Å². The summed E-state index contributed by atoms with van der Waals surface area (Å²) < 4.78 is 25.4. The number of hydroxylamine groups is 2. The molecule has 0 radical (unpaired) electrons. The molecule has 6 N–H and O–H groups in total. The molecule has 5 heterocycles. The second-order valence-electron chi connectivity index (χ2n) is 19.3. The van der Waals surface area contributed by atoms with Gasteiger partial charge in [-0.25, -0.2) is 9.78 Å². The van der Waals surface area contributed by atoms with Gasteiger partial charge in [0.15, 0.2) is 23.9 Å². The predicted molar refractivity (Wildman–Crippen MR) is 298 cm³/mol. The zero-order valence-corrected chi connectivity index (χ0v) is 46.0. The fraction of sp³-hybridized carbons (Fsp3) is 0.411. The highest BCUT2D eigenvalue weighted by Gasteiger charge is 2.34. The lowest BCUT2D eigenvalue weighted by atomic mass is 10.1. The van der Waals surface area contributed by atoms with E-state index in [9.17, 15) is 43.2 Å². The fourth-order valence-electron chi connectivity index (χ4n) is 8.74. The summed E-state index contributed by atoms with van der Waals surface area (Å²) in [5.41, 5.74) is 4.35. The van der Waals surface area contributed by atoms with Crippen molar-refractivity contribution in [2.45, 2.75) is 63.8 Å². The molecule has 4 aromatic rings. The first kappa shape index (κ1) is 60.5. The van der Waals surface area contributed by atoms with E-state index in [0.29, 0.717) is 104 Å². The number of nitrogens with zero attached hydrogens (tertiary/aromatic N) is 6. The predicted octanol–water partition coefficient (Wildman–Crippen LogP) is 3.87. The summed E-state index contributed by atoms with van der Waals surface area (Å²) in [7, 11) is 4.88. The summed E-state index contributed by atoms with van der Waals surface area (Å²) >= 11 is 0. The van der Waals surface area contributed by atoms with Crippen LogP contribution in [0.5, 0.6) is 11.5 Å². The van der Waals surface area contributed by atoms with Gasteiger partial charge < -0.3 is 64.9 Å². The number of unbranched alkanes of at least 4 members (excludes halogenated alkanes) is 2. The van der Waals surface area contributed by atoms with Crippen LogP contribution in [-0.2, 0) is 52.4 Å². The van der Waals surface area contributed by atoms with E-state index < -0.39 is 36.3 Å². The van der Waals surface area contributed by atoms with Crippen LogP contribution in [0.25, 0.3) is 11.1 Å². The van der Waals surface area contributed by atoms with Crippen molar-refractivity contribution in [3.8, 4) is 22.6 Å². The Bertz CT molecular complexity index is 3060. The molecule has 1 saturated heterocycles. The Morgan fingerprint density at radius 2 is 1.44 bits per heavy atom. The first-order valence-electron chi connectivity index (χ1n) is 26.8. The number of imidazole rings is 1. The summed E-state index contributed by atoms with van der Waals surface area (Å²) in [5.74, 6) is -2.11. The maximum Gasteiger partial charge on any atom is 0.407 e. The average molecular weight is 1130 g/mol. The molecule has 0 spiro atoms. The number of rotatable bonds is 31. The van der Waals surface area contributed by atoms with E-state index in [4.69, 9.17) is 23.8 Å². The number of ether oxygens (including phenoxy) is 4. The van der Waals surface area contributed by atoms with Gasteiger partial charge in [0.05, 0.1) is 44.2 Å². The van der Waals surface area contributed by atoms with Crippen molar-refractivity contribution < 1.29 is 66.9 Å². The number of hydrogen-bond acceptors (Lipinski definition) is 16. The van der Waals surface area contributed by atoms with E-state index >= 15 is 0 Å². The molecule has 82 heavy (non-hydrogen) atoms. The molecular formula is C56H68N12O14. The van der Waals surface area contributed by atoms with Crippen molar-refractivity contribution in [2.24, 2.45) is 19.1 Å². The standard InChI is InChI=1S/C56H68N12O14/c1-36-27-40-31-61-42-30-45(44(78-4)29-41(42)55(76)67(40)32-36)80-24-8-12-48(70)63-46-34-66(3)52(64-46)54(75)62-39-15-13-37(14-16-39)38-28-43(65(2)33-38)53(74)59-21-10-25-81-56(77)60-20-9-19-57-47(69)11-6-5-7-23-79-26-22-58-49(71)35-82-68-50(72)17-18-51(68)73/h13-18,28-31,33-34,40H,1,5-12,19-27,32,35H2,2-4H3,(H,57,69)(H,58,71)(H,59,74)(H,60,77)(H,62,75)(H,63,70)/t40-/m0/s1. The molecule has 436 valence electrons. The number of methoxy groups -OCH3 is 1. The van der Waals surface area contributed by atoms with Gasteiger partial charge >= 0.3 is 6.09 Å². The number of carbonyl (C=O) groups excluding carboxylic acids is 9. The van der Waals surface area contributed by atoms with Crippen LogP contribution in [0, 0.1) is 0 Å².